The number of aromatic nitrogens is 1. The monoisotopic (exact) mass is 233 g/mol. The first-order valence-electron chi connectivity index (χ1n) is 6.37. The highest BCUT2D eigenvalue weighted by molar-refractivity contribution is 5.43. The molecule has 1 aromatic heterocycles. The first kappa shape index (κ1) is 10.8. The van der Waals surface area contributed by atoms with Crippen LogP contribution in [-0.4, -0.2) is 37.8 Å². The van der Waals surface area contributed by atoms with Gasteiger partial charge in [0.05, 0.1) is 7.11 Å². The summed E-state index contributed by atoms with van der Waals surface area (Å²) in [7, 11) is 1.67. The maximum absolute atomic E-state index is 5.20. The molecule has 2 aliphatic heterocycles. The van der Waals surface area contributed by atoms with E-state index in [1.54, 1.807) is 7.11 Å². The Labute approximate surface area is 102 Å². The van der Waals surface area contributed by atoms with Crippen molar-refractivity contribution >= 4 is 5.82 Å². The molecule has 17 heavy (non-hydrogen) atoms. The normalized spacial score (nSPS) is 27.9. The molecule has 0 radical (unpaired) electrons. The number of hydrogen-bond donors (Lipinski definition) is 1. The first-order chi connectivity index (χ1) is 8.38. The number of nitrogens with one attached hydrogen (secondary N) is 1. The van der Waals surface area contributed by atoms with Crippen LogP contribution in [0.4, 0.5) is 5.82 Å². The number of ether oxygens (including phenoxy) is 1. The summed E-state index contributed by atoms with van der Waals surface area (Å²) in [4.78, 5) is 6.99. The fourth-order valence-corrected chi connectivity index (χ4v) is 3.03. The standard InChI is InChI=1S/C13H19N3O/c1-17-13-6-2-5-12(15-13)16-7-3-4-10-8-14-9-11(10)16/h2,5-6,10-11,14H,3-4,7-9H2,1H3. The van der Waals surface area contributed by atoms with Crippen LogP contribution in [0.2, 0.25) is 0 Å². The highest BCUT2D eigenvalue weighted by Gasteiger charge is 2.35. The second kappa shape index (κ2) is 4.53. The average molecular weight is 233 g/mol. The maximum atomic E-state index is 5.20. The number of nitrogens with zero attached hydrogens (tertiary/aromatic N) is 2. The average Bonchev–Trinajstić information content (AvgIpc) is 2.87. The van der Waals surface area contributed by atoms with Gasteiger partial charge in [-0.3, -0.25) is 0 Å². The molecule has 2 unspecified atom stereocenters. The third kappa shape index (κ3) is 1.97. The second-order valence-corrected chi connectivity index (χ2v) is 4.86. The number of pyridine rings is 1. The lowest BCUT2D eigenvalue weighted by Gasteiger charge is -2.38. The molecular formula is C13H19N3O. The van der Waals surface area contributed by atoms with E-state index in [0.717, 1.165) is 31.4 Å². The van der Waals surface area contributed by atoms with Crippen molar-refractivity contribution in [2.45, 2.75) is 18.9 Å². The van der Waals surface area contributed by atoms with Crippen molar-refractivity contribution in [3.8, 4) is 5.88 Å². The van der Waals surface area contributed by atoms with Crippen LogP contribution < -0.4 is 15.0 Å². The van der Waals surface area contributed by atoms with E-state index in [9.17, 15) is 0 Å². The highest BCUT2D eigenvalue weighted by atomic mass is 16.5. The SMILES string of the molecule is COc1cccc(N2CCCC3CNCC32)n1. The van der Waals surface area contributed by atoms with E-state index in [2.05, 4.69) is 21.3 Å². The van der Waals surface area contributed by atoms with Gasteiger partial charge in [0.2, 0.25) is 5.88 Å². The number of hydrogen-bond acceptors (Lipinski definition) is 4. The number of anilines is 1. The Morgan fingerprint density at radius 3 is 3.24 bits per heavy atom. The number of methoxy groups -OCH3 is 1. The summed E-state index contributed by atoms with van der Waals surface area (Å²) in [6, 6.07) is 6.62. The van der Waals surface area contributed by atoms with Gasteiger partial charge >= 0.3 is 0 Å². The molecule has 0 aliphatic carbocycles. The topological polar surface area (TPSA) is 37.4 Å². The van der Waals surface area contributed by atoms with Gasteiger partial charge in [-0.25, -0.2) is 0 Å². The second-order valence-electron chi connectivity index (χ2n) is 4.86. The number of rotatable bonds is 2. The summed E-state index contributed by atoms with van der Waals surface area (Å²) in [5, 5.41) is 3.49. The minimum atomic E-state index is 0.614. The molecule has 2 atom stereocenters. The third-order valence-corrected chi connectivity index (χ3v) is 3.89. The largest absolute Gasteiger partial charge is 0.481 e. The molecule has 4 nitrogen and oxygen atoms in total. The van der Waals surface area contributed by atoms with E-state index in [-0.39, 0.29) is 0 Å². The molecule has 0 amide bonds. The van der Waals surface area contributed by atoms with E-state index < -0.39 is 0 Å². The van der Waals surface area contributed by atoms with Crippen molar-refractivity contribution in [1.82, 2.24) is 10.3 Å². The highest BCUT2D eigenvalue weighted by Crippen LogP contribution is 2.30. The minimum absolute atomic E-state index is 0.614. The van der Waals surface area contributed by atoms with Crippen molar-refractivity contribution < 1.29 is 4.74 Å². The van der Waals surface area contributed by atoms with Gasteiger partial charge in [-0.1, -0.05) is 6.07 Å². The van der Waals surface area contributed by atoms with Crippen molar-refractivity contribution in [2.75, 3.05) is 31.6 Å². The smallest absolute Gasteiger partial charge is 0.214 e. The molecule has 0 spiro atoms. The maximum Gasteiger partial charge on any atom is 0.214 e. The van der Waals surface area contributed by atoms with Crippen molar-refractivity contribution in [3.05, 3.63) is 18.2 Å². The Morgan fingerprint density at radius 1 is 1.41 bits per heavy atom. The summed E-state index contributed by atoms with van der Waals surface area (Å²) in [5.41, 5.74) is 0. The van der Waals surface area contributed by atoms with Crippen molar-refractivity contribution in [3.63, 3.8) is 0 Å². The molecule has 1 N–H and O–H groups in total. The predicted molar refractivity (Wildman–Crippen MR) is 67.5 cm³/mol. The van der Waals surface area contributed by atoms with Gasteiger partial charge in [0, 0.05) is 31.7 Å². The van der Waals surface area contributed by atoms with Crippen LogP contribution in [0.5, 0.6) is 5.88 Å². The Hall–Kier alpha value is -1.29. The number of piperidine rings is 1. The summed E-state index contributed by atoms with van der Waals surface area (Å²) >= 11 is 0. The Balaban J connectivity index is 1.86. The van der Waals surface area contributed by atoms with Crippen molar-refractivity contribution in [1.29, 1.82) is 0 Å². The lowest BCUT2D eigenvalue weighted by Crippen LogP contribution is -2.45. The van der Waals surface area contributed by atoms with E-state index >= 15 is 0 Å². The predicted octanol–water partition coefficient (Wildman–Crippen LogP) is 1.28. The molecular weight excluding hydrogens is 214 g/mol. The molecule has 0 bridgehead atoms. The van der Waals surface area contributed by atoms with Gasteiger partial charge in [-0.05, 0) is 24.8 Å². The van der Waals surface area contributed by atoms with Crippen LogP contribution >= 0.6 is 0 Å². The summed E-state index contributed by atoms with van der Waals surface area (Å²) in [6.45, 7) is 3.36. The summed E-state index contributed by atoms with van der Waals surface area (Å²) in [6.07, 6.45) is 2.61. The zero-order valence-corrected chi connectivity index (χ0v) is 10.2. The van der Waals surface area contributed by atoms with E-state index in [1.807, 2.05) is 12.1 Å². The first-order valence-corrected chi connectivity index (χ1v) is 6.37. The lowest BCUT2D eigenvalue weighted by atomic mass is 9.92. The van der Waals surface area contributed by atoms with Crippen LogP contribution in [0, 0.1) is 5.92 Å². The fraction of sp³-hybridized carbons (Fsp3) is 0.615. The fourth-order valence-electron chi connectivity index (χ4n) is 3.03. The van der Waals surface area contributed by atoms with E-state index in [1.165, 1.54) is 12.8 Å². The van der Waals surface area contributed by atoms with Crippen LogP contribution in [-0.2, 0) is 0 Å². The van der Waals surface area contributed by atoms with Gasteiger partial charge in [0.25, 0.3) is 0 Å². The van der Waals surface area contributed by atoms with Crippen LogP contribution in [0.1, 0.15) is 12.8 Å². The minimum Gasteiger partial charge on any atom is -0.481 e. The van der Waals surface area contributed by atoms with Crippen LogP contribution in [0.25, 0.3) is 0 Å². The zero-order chi connectivity index (χ0) is 11.7. The zero-order valence-electron chi connectivity index (χ0n) is 10.2. The molecule has 0 saturated carbocycles. The van der Waals surface area contributed by atoms with Crippen molar-refractivity contribution in [2.24, 2.45) is 5.92 Å². The van der Waals surface area contributed by atoms with Crippen LogP contribution in [0.3, 0.4) is 0 Å². The molecule has 0 aromatic carbocycles. The summed E-state index contributed by atoms with van der Waals surface area (Å²) < 4.78 is 5.20. The summed E-state index contributed by atoms with van der Waals surface area (Å²) in [5.74, 6) is 2.55. The molecule has 92 valence electrons. The van der Waals surface area contributed by atoms with Crippen LogP contribution in [0.15, 0.2) is 18.2 Å². The quantitative estimate of drug-likeness (QED) is 0.835. The third-order valence-electron chi connectivity index (χ3n) is 3.89. The van der Waals surface area contributed by atoms with Gasteiger partial charge < -0.3 is 15.0 Å². The molecule has 2 aliphatic rings. The van der Waals surface area contributed by atoms with Gasteiger partial charge in [-0.2, -0.15) is 4.98 Å². The molecule has 1 aromatic rings. The Morgan fingerprint density at radius 2 is 2.35 bits per heavy atom. The van der Waals surface area contributed by atoms with Gasteiger partial charge in [0.15, 0.2) is 0 Å². The van der Waals surface area contributed by atoms with E-state index in [4.69, 9.17) is 4.74 Å². The lowest BCUT2D eigenvalue weighted by molar-refractivity contribution is 0.376. The number of fused-ring (bicyclic) bond motifs is 1. The van der Waals surface area contributed by atoms with Gasteiger partial charge in [-0.15, -0.1) is 0 Å². The Kier molecular flexibility index (Phi) is 2.89. The molecule has 3 rings (SSSR count). The Bertz CT molecular complexity index is 396. The molecule has 2 saturated heterocycles. The van der Waals surface area contributed by atoms with Gasteiger partial charge in [0.1, 0.15) is 5.82 Å². The molecule has 2 fully saturated rings. The van der Waals surface area contributed by atoms with E-state index in [0.29, 0.717) is 11.9 Å². The molecule has 3 heterocycles. The molecule has 4 heteroatoms.